The Morgan fingerprint density at radius 3 is 2.81 bits per heavy atom. The van der Waals surface area contributed by atoms with E-state index in [4.69, 9.17) is 14.2 Å². The van der Waals surface area contributed by atoms with Gasteiger partial charge in [0, 0.05) is 12.5 Å². The van der Waals surface area contributed by atoms with Crippen LogP contribution in [0.25, 0.3) is 0 Å². The average Bonchev–Trinajstić information content (AvgIpc) is 3.61. The Labute approximate surface area is 215 Å². The highest BCUT2D eigenvalue weighted by Crippen LogP contribution is 2.34. The molecule has 198 valence electrons. The number of ether oxygens (including phenoxy) is 3. The summed E-state index contributed by atoms with van der Waals surface area (Å²) in [5.74, 6) is -0.210. The summed E-state index contributed by atoms with van der Waals surface area (Å²) >= 11 is 0. The van der Waals surface area contributed by atoms with Crippen LogP contribution in [0, 0.1) is 5.92 Å². The molecule has 1 aliphatic carbocycles. The number of epoxide rings is 1. The fourth-order valence-electron chi connectivity index (χ4n) is 5.48. The van der Waals surface area contributed by atoms with Gasteiger partial charge in [-0.15, -0.1) is 0 Å². The number of aliphatic hydroxyl groups excluding tert-OH is 2. The zero-order valence-electron chi connectivity index (χ0n) is 21.5. The fourth-order valence-corrected chi connectivity index (χ4v) is 5.48. The van der Waals surface area contributed by atoms with Crippen molar-refractivity contribution in [3.63, 3.8) is 0 Å². The Morgan fingerprint density at radius 1 is 1.14 bits per heavy atom. The highest BCUT2D eigenvalue weighted by molar-refractivity contribution is 5.82. The van der Waals surface area contributed by atoms with E-state index in [-0.39, 0.29) is 30.3 Å². The molecule has 1 saturated heterocycles. The first-order chi connectivity index (χ1) is 17.4. The summed E-state index contributed by atoms with van der Waals surface area (Å²) in [5, 5.41) is 21.6. The zero-order chi connectivity index (χ0) is 25.5. The number of hydrogen-bond donors (Lipinski definition) is 2. The third-order valence-electron chi connectivity index (χ3n) is 7.57. The fraction of sp³-hybridized carbons (Fsp3) is 0.633. The molecule has 0 amide bonds. The van der Waals surface area contributed by atoms with Crippen molar-refractivity contribution < 1.29 is 29.2 Å². The summed E-state index contributed by atoms with van der Waals surface area (Å²) in [4.78, 5) is 12.6. The van der Waals surface area contributed by atoms with Crippen molar-refractivity contribution in [1.29, 1.82) is 0 Å². The van der Waals surface area contributed by atoms with E-state index in [0.29, 0.717) is 19.3 Å². The van der Waals surface area contributed by atoms with Crippen LogP contribution in [0.4, 0.5) is 0 Å². The van der Waals surface area contributed by atoms with E-state index < -0.39 is 24.3 Å². The number of allylic oxidation sites excluding steroid dienone is 3. The molecule has 0 radical (unpaired) electrons. The quantitative estimate of drug-likeness (QED) is 0.328. The van der Waals surface area contributed by atoms with Crippen molar-refractivity contribution in [3.8, 4) is 0 Å². The molecule has 3 heterocycles. The van der Waals surface area contributed by atoms with Gasteiger partial charge in [0.2, 0.25) is 0 Å². The van der Waals surface area contributed by atoms with E-state index in [0.717, 1.165) is 50.5 Å². The van der Waals surface area contributed by atoms with Gasteiger partial charge in [-0.05, 0) is 70.6 Å². The van der Waals surface area contributed by atoms with Crippen LogP contribution in [0.2, 0.25) is 0 Å². The lowest BCUT2D eigenvalue weighted by molar-refractivity contribution is -0.148. The van der Waals surface area contributed by atoms with Crippen LogP contribution in [-0.2, 0) is 19.0 Å². The summed E-state index contributed by atoms with van der Waals surface area (Å²) in [6.07, 6.45) is 18.9. The molecule has 3 aliphatic heterocycles. The monoisotopic (exact) mass is 498 g/mol. The number of hydrogen-bond acceptors (Lipinski definition) is 6. The van der Waals surface area contributed by atoms with Crippen molar-refractivity contribution in [2.75, 3.05) is 0 Å². The third kappa shape index (κ3) is 8.27. The van der Waals surface area contributed by atoms with Gasteiger partial charge in [-0.3, -0.25) is 0 Å². The molecule has 0 saturated carbocycles. The topological polar surface area (TPSA) is 88.5 Å². The molecule has 0 aromatic rings. The largest absolute Gasteiger partial charge is 0.456 e. The van der Waals surface area contributed by atoms with Gasteiger partial charge < -0.3 is 24.4 Å². The lowest BCUT2D eigenvalue weighted by atomic mass is 9.90. The molecule has 6 heteroatoms. The van der Waals surface area contributed by atoms with Gasteiger partial charge in [-0.2, -0.15) is 0 Å². The van der Waals surface area contributed by atoms with E-state index in [1.807, 2.05) is 12.2 Å². The first-order valence-corrected chi connectivity index (χ1v) is 13.6. The van der Waals surface area contributed by atoms with Crippen LogP contribution < -0.4 is 0 Å². The van der Waals surface area contributed by atoms with Crippen molar-refractivity contribution in [2.45, 2.75) is 114 Å². The number of esters is 1. The Kier molecular flexibility index (Phi) is 9.77. The predicted molar refractivity (Wildman–Crippen MR) is 139 cm³/mol. The normalized spacial score (nSPS) is 38.3. The minimum Gasteiger partial charge on any atom is -0.456 e. The third-order valence-corrected chi connectivity index (χ3v) is 7.57. The molecule has 36 heavy (non-hydrogen) atoms. The van der Waals surface area contributed by atoms with E-state index in [1.54, 1.807) is 12.2 Å². The molecule has 2 unspecified atom stereocenters. The van der Waals surface area contributed by atoms with Gasteiger partial charge in [-0.1, -0.05) is 54.2 Å². The lowest BCUT2D eigenvalue weighted by Crippen LogP contribution is -2.32. The molecule has 6 nitrogen and oxygen atoms in total. The Bertz CT molecular complexity index is 886. The van der Waals surface area contributed by atoms with Gasteiger partial charge in [0.15, 0.2) is 0 Å². The van der Waals surface area contributed by atoms with Crippen LogP contribution in [0.15, 0.2) is 60.3 Å². The van der Waals surface area contributed by atoms with Crippen molar-refractivity contribution in [3.05, 3.63) is 60.3 Å². The minimum absolute atomic E-state index is 0.0614. The maximum Gasteiger partial charge on any atom is 0.330 e. The van der Waals surface area contributed by atoms with Gasteiger partial charge in [0.05, 0.1) is 24.4 Å². The molecular formula is C30H42O6. The van der Waals surface area contributed by atoms with Crippen molar-refractivity contribution >= 4 is 5.97 Å². The number of carbonyl (C=O) groups is 1. The van der Waals surface area contributed by atoms with Gasteiger partial charge in [0.25, 0.3) is 0 Å². The number of carbonyl (C=O) groups excluding carboxylic acids is 1. The van der Waals surface area contributed by atoms with Crippen LogP contribution in [0.1, 0.15) is 71.1 Å². The molecule has 0 aromatic carbocycles. The first-order valence-electron chi connectivity index (χ1n) is 13.6. The van der Waals surface area contributed by atoms with E-state index in [1.165, 1.54) is 11.6 Å². The van der Waals surface area contributed by atoms with Gasteiger partial charge >= 0.3 is 5.97 Å². The first kappa shape index (κ1) is 27.1. The maximum absolute atomic E-state index is 12.6. The highest BCUT2D eigenvalue weighted by Gasteiger charge is 2.46. The second kappa shape index (κ2) is 13.0. The Hall–Kier alpha value is -1.99. The molecular weight excluding hydrogens is 456 g/mol. The molecule has 0 aromatic heterocycles. The summed E-state index contributed by atoms with van der Waals surface area (Å²) < 4.78 is 17.6. The predicted octanol–water partition coefficient (Wildman–Crippen LogP) is 4.87. The lowest BCUT2D eigenvalue weighted by Gasteiger charge is -2.25. The molecule has 8 atom stereocenters. The van der Waals surface area contributed by atoms with E-state index in [9.17, 15) is 15.0 Å². The SMILES string of the molecule is C=C1CCC[C@@H]2CC=C[C@@H](C/C=C\C(=O)OC([C@@H](O)/C=C/C3C=C(C)CCC3)C[C@@H]3O[C@H]3[C@@H](O)C1)O2. The number of fused-ring (bicyclic) bond motifs is 3. The van der Waals surface area contributed by atoms with Crippen molar-refractivity contribution in [2.24, 2.45) is 5.92 Å². The Morgan fingerprint density at radius 2 is 1.97 bits per heavy atom. The smallest absolute Gasteiger partial charge is 0.330 e. The zero-order valence-corrected chi connectivity index (χ0v) is 21.5. The van der Waals surface area contributed by atoms with Crippen LogP contribution in [-0.4, -0.2) is 58.9 Å². The van der Waals surface area contributed by atoms with E-state index >= 15 is 0 Å². The highest BCUT2D eigenvalue weighted by atomic mass is 16.6. The van der Waals surface area contributed by atoms with Gasteiger partial charge in [-0.25, -0.2) is 4.79 Å². The summed E-state index contributed by atoms with van der Waals surface area (Å²) in [6.45, 7) is 6.29. The second-order valence-corrected chi connectivity index (χ2v) is 10.8. The Balaban J connectivity index is 1.44. The second-order valence-electron chi connectivity index (χ2n) is 10.8. The summed E-state index contributed by atoms with van der Waals surface area (Å²) in [7, 11) is 0. The minimum atomic E-state index is -0.953. The number of cyclic esters (lactones) is 1. The summed E-state index contributed by atoms with van der Waals surface area (Å²) in [5.41, 5.74) is 2.37. The van der Waals surface area contributed by atoms with Crippen LogP contribution in [0.3, 0.4) is 0 Å². The molecule has 1 fully saturated rings. The summed E-state index contributed by atoms with van der Waals surface area (Å²) in [6, 6.07) is 0. The molecule has 2 N–H and O–H groups in total. The number of rotatable bonds is 3. The number of aliphatic hydroxyl groups is 2. The standard InChI is InChI=1S/C30H42O6/c1-20-7-3-9-22(17-20)15-16-25(31)27-19-28-30(36-28)26(32)18-21(2)8-4-10-23-11-5-12-24(34-23)13-6-14-29(33)35-27/h5-6,12,14-17,22-28,30-32H,2-4,7-11,13,18-19H2,1H3/b14-6-,16-15+/t22?,23-,24+,25+,26+,27?,28+,30+/m1/s1. The molecule has 4 aliphatic rings. The van der Waals surface area contributed by atoms with E-state index in [2.05, 4.69) is 25.7 Å². The molecule has 4 rings (SSSR count). The van der Waals surface area contributed by atoms with Crippen LogP contribution in [0.5, 0.6) is 0 Å². The maximum atomic E-state index is 12.6. The van der Waals surface area contributed by atoms with Gasteiger partial charge in [0.1, 0.15) is 18.3 Å². The molecule has 0 spiro atoms. The molecule has 2 bridgehead atoms. The van der Waals surface area contributed by atoms with Crippen molar-refractivity contribution in [1.82, 2.24) is 0 Å². The average molecular weight is 499 g/mol. The van der Waals surface area contributed by atoms with Crippen LogP contribution >= 0.6 is 0 Å².